The van der Waals surface area contributed by atoms with E-state index in [4.69, 9.17) is 4.98 Å². The second kappa shape index (κ2) is 9.16. The maximum Gasteiger partial charge on any atom is 0.257 e. The summed E-state index contributed by atoms with van der Waals surface area (Å²) in [5, 5.41) is 0. The Morgan fingerprint density at radius 1 is 1.17 bits per heavy atom. The molecule has 4 nitrogen and oxygen atoms in total. The van der Waals surface area contributed by atoms with Crippen LogP contribution in [0.4, 0.5) is 8.78 Å². The van der Waals surface area contributed by atoms with Crippen molar-refractivity contribution in [1.29, 1.82) is 0 Å². The zero-order valence-electron chi connectivity index (χ0n) is 17.2. The SMILES string of the molecule is CCCCn1c(CN(CC(C)C)C(=O)c2cc(F)ccc2F)nc2ccccc21. The average Bonchev–Trinajstić information content (AvgIpc) is 3.04. The first-order valence-electron chi connectivity index (χ1n) is 10.1. The predicted octanol–water partition coefficient (Wildman–Crippen LogP) is 5.41. The van der Waals surface area contributed by atoms with Crippen LogP contribution in [0, 0.1) is 17.6 Å². The number of para-hydroxylation sites is 2. The summed E-state index contributed by atoms with van der Waals surface area (Å²) in [6.45, 7) is 7.56. The van der Waals surface area contributed by atoms with Gasteiger partial charge in [0.1, 0.15) is 17.5 Å². The molecule has 6 heteroatoms. The molecule has 0 radical (unpaired) electrons. The van der Waals surface area contributed by atoms with Gasteiger partial charge in [-0.15, -0.1) is 0 Å². The Morgan fingerprint density at radius 2 is 1.93 bits per heavy atom. The monoisotopic (exact) mass is 399 g/mol. The van der Waals surface area contributed by atoms with Gasteiger partial charge in [-0.3, -0.25) is 4.79 Å². The number of aromatic nitrogens is 2. The summed E-state index contributed by atoms with van der Waals surface area (Å²) >= 11 is 0. The largest absolute Gasteiger partial charge is 0.331 e. The molecule has 1 aromatic heterocycles. The Morgan fingerprint density at radius 3 is 2.66 bits per heavy atom. The van der Waals surface area contributed by atoms with Crippen LogP contribution < -0.4 is 0 Å². The fraction of sp³-hybridized carbons (Fsp3) is 0.391. The maximum absolute atomic E-state index is 14.2. The van der Waals surface area contributed by atoms with Gasteiger partial charge in [0.15, 0.2) is 0 Å². The predicted molar refractivity (Wildman–Crippen MR) is 111 cm³/mol. The molecule has 0 bridgehead atoms. The van der Waals surface area contributed by atoms with Gasteiger partial charge >= 0.3 is 0 Å². The summed E-state index contributed by atoms with van der Waals surface area (Å²) in [7, 11) is 0. The molecular weight excluding hydrogens is 372 g/mol. The molecule has 2 aromatic carbocycles. The molecule has 1 amide bonds. The molecule has 0 fully saturated rings. The van der Waals surface area contributed by atoms with Crippen LogP contribution in [-0.4, -0.2) is 26.9 Å². The van der Waals surface area contributed by atoms with Crippen molar-refractivity contribution in [2.24, 2.45) is 5.92 Å². The maximum atomic E-state index is 14.2. The van der Waals surface area contributed by atoms with E-state index < -0.39 is 17.5 Å². The molecule has 3 aromatic rings. The fourth-order valence-corrected chi connectivity index (χ4v) is 3.47. The van der Waals surface area contributed by atoms with E-state index in [9.17, 15) is 13.6 Å². The lowest BCUT2D eigenvalue weighted by Crippen LogP contribution is -2.35. The molecule has 0 N–H and O–H groups in total. The quantitative estimate of drug-likeness (QED) is 0.508. The molecule has 1 heterocycles. The first-order chi connectivity index (χ1) is 13.9. The van der Waals surface area contributed by atoms with Crippen molar-refractivity contribution in [2.45, 2.75) is 46.7 Å². The van der Waals surface area contributed by atoms with E-state index in [-0.39, 0.29) is 18.0 Å². The van der Waals surface area contributed by atoms with Crippen molar-refractivity contribution in [3.05, 3.63) is 65.5 Å². The second-order valence-electron chi connectivity index (χ2n) is 7.73. The van der Waals surface area contributed by atoms with Gasteiger partial charge in [0.05, 0.1) is 23.1 Å². The Labute approximate surface area is 170 Å². The van der Waals surface area contributed by atoms with E-state index in [1.165, 1.54) is 0 Å². The number of unbranched alkanes of at least 4 members (excludes halogenated alkanes) is 1. The lowest BCUT2D eigenvalue weighted by molar-refractivity contribution is 0.0711. The van der Waals surface area contributed by atoms with Crippen molar-refractivity contribution in [1.82, 2.24) is 14.5 Å². The number of hydrogen-bond acceptors (Lipinski definition) is 2. The molecule has 0 unspecified atom stereocenters. The highest BCUT2D eigenvalue weighted by Gasteiger charge is 2.23. The second-order valence-corrected chi connectivity index (χ2v) is 7.73. The molecule has 29 heavy (non-hydrogen) atoms. The average molecular weight is 399 g/mol. The van der Waals surface area contributed by atoms with Crippen molar-refractivity contribution in [3.63, 3.8) is 0 Å². The standard InChI is InChI=1S/C23H27F2N3O/c1-4-5-12-28-21-9-7-6-8-20(21)26-22(28)15-27(14-16(2)3)23(29)18-13-17(24)10-11-19(18)25/h6-11,13,16H,4-5,12,14-15H2,1-3H3. The number of imidazole rings is 1. The van der Waals surface area contributed by atoms with E-state index in [0.717, 1.165) is 54.4 Å². The summed E-state index contributed by atoms with van der Waals surface area (Å²) in [6.07, 6.45) is 2.03. The highest BCUT2D eigenvalue weighted by Crippen LogP contribution is 2.21. The third kappa shape index (κ3) is 4.81. The number of carbonyl (C=O) groups excluding carboxylic acids is 1. The van der Waals surface area contributed by atoms with Crippen LogP contribution in [0.15, 0.2) is 42.5 Å². The van der Waals surface area contributed by atoms with Gasteiger partial charge in [-0.25, -0.2) is 13.8 Å². The Bertz CT molecular complexity index is 997. The number of hydrogen-bond donors (Lipinski definition) is 0. The molecule has 154 valence electrons. The van der Waals surface area contributed by atoms with Crippen molar-refractivity contribution >= 4 is 16.9 Å². The summed E-state index contributed by atoms with van der Waals surface area (Å²) < 4.78 is 30.0. The van der Waals surface area contributed by atoms with Crippen LogP contribution >= 0.6 is 0 Å². The fourth-order valence-electron chi connectivity index (χ4n) is 3.47. The number of carbonyl (C=O) groups is 1. The molecule has 0 aliphatic rings. The zero-order chi connectivity index (χ0) is 21.0. The normalized spacial score (nSPS) is 11.4. The van der Waals surface area contributed by atoms with Gasteiger partial charge in [-0.05, 0) is 42.7 Å². The van der Waals surface area contributed by atoms with Crippen LogP contribution in [-0.2, 0) is 13.1 Å². The topological polar surface area (TPSA) is 38.1 Å². The summed E-state index contributed by atoms with van der Waals surface area (Å²) in [6, 6.07) is 10.8. The number of amides is 1. The van der Waals surface area contributed by atoms with Crippen molar-refractivity contribution in [2.75, 3.05) is 6.54 Å². The molecule has 0 aliphatic carbocycles. The van der Waals surface area contributed by atoms with Crippen molar-refractivity contribution in [3.8, 4) is 0 Å². The first-order valence-corrected chi connectivity index (χ1v) is 10.1. The van der Waals surface area contributed by atoms with Gasteiger partial charge in [0, 0.05) is 13.1 Å². The molecular formula is C23H27F2N3O. The van der Waals surface area contributed by atoms with Crippen LogP contribution in [0.25, 0.3) is 11.0 Å². The number of benzene rings is 2. The van der Waals surface area contributed by atoms with Crippen LogP contribution in [0.3, 0.4) is 0 Å². The minimum atomic E-state index is -0.718. The lowest BCUT2D eigenvalue weighted by atomic mass is 10.1. The zero-order valence-corrected chi connectivity index (χ0v) is 17.2. The molecule has 0 aliphatic heterocycles. The third-order valence-electron chi connectivity index (χ3n) is 4.83. The lowest BCUT2D eigenvalue weighted by Gasteiger charge is -2.25. The Hall–Kier alpha value is -2.76. The van der Waals surface area contributed by atoms with Crippen LogP contribution in [0.2, 0.25) is 0 Å². The van der Waals surface area contributed by atoms with Crippen LogP contribution in [0.1, 0.15) is 49.8 Å². The third-order valence-corrected chi connectivity index (χ3v) is 4.83. The molecule has 0 saturated carbocycles. The number of rotatable bonds is 8. The van der Waals surface area contributed by atoms with Gasteiger partial charge in [-0.1, -0.05) is 39.3 Å². The minimum Gasteiger partial charge on any atom is -0.331 e. The van der Waals surface area contributed by atoms with Crippen molar-refractivity contribution < 1.29 is 13.6 Å². The highest BCUT2D eigenvalue weighted by atomic mass is 19.1. The number of aryl methyl sites for hydroxylation is 1. The molecule has 3 rings (SSSR count). The van der Waals surface area contributed by atoms with E-state index in [1.807, 2.05) is 38.1 Å². The minimum absolute atomic E-state index is 0.170. The van der Waals surface area contributed by atoms with Crippen LogP contribution in [0.5, 0.6) is 0 Å². The van der Waals surface area contributed by atoms with E-state index in [0.29, 0.717) is 6.54 Å². The van der Waals surface area contributed by atoms with Gasteiger partial charge in [0.2, 0.25) is 0 Å². The summed E-state index contributed by atoms with van der Waals surface area (Å²) in [4.78, 5) is 19.4. The van der Waals surface area contributed by atoms with E-state index in [1.54, 1.807) is 4.90 Å². The van der Waals surface area contributed by atoms with Gasteiger partial charge < -0.3 is 9.47 Å². The Kier molecular flexibility index (Phi) is 6.62. The summed E-state index contributed by atoms with van der Waals surface area (Å²) in [5.74, 6) is -0.946. The number of halogens is 2. The Balaban J connectivity index is 1.98. The van der Waals surface area contributed by atoms with Gasteiger partial charge in [-0.2, -0.15) is 0 Å². The number of nitrogens with zero attached hydrogens (tertiary/aromatic N) is 3. The van der Waals surface area contributed by atoms with E-state index >= 15 is 0 Å². The number of fused-ring (bicyclic) bond motifs is 1. The smallest absolute Gasteiger partial charge is 0.257 e. The highest BCUT2D eigenvalue weighted by molar-refractivity contribution is 5.94. The first kappa shape index (κ1) is 21.0. The van der Waals surface area contributed by atoms with E-state index in [2.05, 4.69) is 11.5 Å². The van der Waals surface area contributed by atoms with Gasteiger partial charge in [0.25, 0.3) is 5.91 Å². The molecule has 0 spiro atoms. The molecule has 0 atom stereocenters. The molecule has 0 saturated heterocycles. The summed E-state index contributed by atoms with van der Waals surface area (Å²) in [5.41, 5.74) is 1.64.